The fraction of sp³-hybridized carbons (Fsp3) is 0.278. The highest BCUT2D eigenvalue weighted by Gasteiger charge is 2.18. The molecule has 0 radical (unpaired) electrons. The van der Waals surface area contributed by atoms with Gasteiger partial charge in [-0.25, -0.2) is 9.78 Å². The standard InChI is InChI=1S/C18H20N2O3S/c1-18(2,3)20-15(21)12-23-17(22)14-10-7-11-19-16(14)24-13-8-5-4-6-9-13/h4-11H,12H2,1-3H3,(H,20,21). The van der Waals surface area contributed by atoms with E-state index in [-0.39, 0.29) is 18.1 Å². The van der Waals surface area contributed by atoms with Crippen LogP contribution in [0.15, 0.2) is 58.6 Å². The minimum absolute atomic E-state index is 0.319. The van der Waals surface area contributed by atoms with Crippen LogP contribution < -0.4 is 5.32 Å². The van der Waals surface area contributed by atoms with Crippen LogP contribution >= 0.6 is 11.8 Å². The zero-order valence-corrected chi connectivity index (χ0v) is 14.7. The third-order valence-corrected chi connectivity index (χ3v) is 3.82. The number of ether oxygens (including phenoxy) is 1. The average Bonchev–Trinajstić information content (AvgIpc) is 2.52. The topological polar surface area (TPSA) is 68.3 Å². The summed E-state index contributed by atoms with van der Waals surface area (Å²) in [6, 6.07) is 12.9. The molecule has 126 valence electrons. The van der Waals surface area contributed by atoms with Crippen LogP contribution in [0.25, 0.3) is 0 Å². The van der Waals surface area contributed by atoms with Crippen LogP contribution in [0.3, 0.4) is 0 Å². The molecule has 0 spiro atoms. The van der Waals surface area contributed by atoms with Crippen molar-refractivity contribution in [2.75, 3.05) is 6.61 Å². The first-order valence-electron chi connectivity index (χ1n) is 7.51. The Kier molecular flexibility index (Phi) is 5.98. The monoisotopic (exact) mass is 344 g/mol. The highest BCUT2D eigenvalue weighted by molar-refractivity contribution is 7.99. The highest BCUT2D eigenvalue weighted by Crippen LogP contribution is 2.28. The number of carbonyl (C=O) groups excluding carboxylic acids is 2. The highest BCUT2D eigenvalue weighted by atomic mass is 32.2. The maximum absolute atomic E-state index is 12.3. The fourth-order valence-corrected chi connectivity index (χ4v) is 2.78. The van der Waals surface area contributed by atoms with Crippen molar-refractivity contribution >= 4 is 23.6 Å². The van der Waals surface area contributed by atoms with Crippen molar-refractivity contribution in [3.8, 4) is 0 Å². The molecule has 0 bridgehead atoms. The van der Waals surface area contributed by atoms with E-state index in [2.05, 4.69) is 10.3 Å². The first-order chi connectivity index (χ1) is 11.3. The number of pyridine rings is 1. The van der Waals surface area contributed by atoms with Crippen LogP contribution in [0, 0.1) is 0 Å². The molecule has 0 aliphatic heterocycles. The molecule has 6 heteroatoms. The summed E-state index contributed by atoms with van der Waals surface area (Å²) < 4.78 is 5.11. The summed E-state index contributed by atoms with van der Waals surface area (Å²) in [6.07, 6.45) is 1.62. The van der Waals surface area contributed by atoms with Crippen molar-refractivity contribution in [1.29, 1.82) is 0 Å². The Balaban J connectivity index is 2.03. The zero-order chi connectivity index (χ0) is 17.6. The number of nitrogens with zero attached hydrogens (tertiary/aromatic N) is 1. The lowest BCUT2D eigenvalue weighted by atomic mass is 10.1. The van der Waals surface area contributed by atoms with E-state index in [0.29, 0.717) is 10.6 Å². The van der Waals surface area contributed by atoms with Crippen LogP contribution in [0.2, 0.25) is 0 Å². The second kappa shape index (κ2) is 7.97. The van der Waals surface area contributed by atoms with E-state index in [1.807, 2.05) is 51.1 Å². The predicted octanol–water partition coefficient (Wildman–Crippen LogP) is 3.30. The Morgan fingerprint density at radius 2 is 1.83 bits per heavy atom. The van der Waals surface area contributed by atoms with E-state index in [1.165, 1.54) is 11.8 Å². The number of benzene rings is 1. The molecule has 1 aromatic heterocycles. The van der Waals surface area contributed by atoms with Crippen LogP contribution in [-0.2, 0) is 9.53 Å². The SMILES string of the molecule is CC(C)(C)NC(=O)COC(=O)c1cccnc1Sc1ccccc1. The largest absolute Gasteiger partial charge is 0.452 e. The molecule has 0 aliphatic rings. The normalized spacial score (nSPS) is 11.0. The third kappa shape index (κ3) is 5.70. The smallest absolute Gasteiger partial charge is 0.341 e. The van der Waals surface area contributed by atoms with Crippen molar-refractivity contribution < 1.29 is 14.3 Å². The van der Waals surface area contributed by atoms with E-state index in [4.69, 9.17) is 4.74 Å². The first kappa shape index (κ1) is 18.0. The lowest BCUT2D eigenvalue weighted by Crippen LogP contribution is -2.42. The maximum atomic E-state index is 12.3. The fourth-order valence-electron chi connectivity index (χ4n) is 1.89. The molecule has 0 saturated heterocycles. The van der Waals surface area contributed by atoms with Gasteiger partial charge in [0.05, 0.1) is 5.56 Å². The quantitative estimate of drug-likeness (QED) is 0.843. The molecule has 0 saturated carbocycles. The molecule has 24 heavy (non-hydrogen) atoms. The summed E-state index contributed by atoms with van der Waals surface area (Å²) in [5, 5.41) is 3.29. The van der Waals surface area contributed by atoms with Gasteiger partial charge in [-0.1, -0.05) is 30.0 Å². The maximum Gasteiger partial charge on any atom is 0.341 e. The van der Waals surface area contributed by atoms with Crippen molar-refractivity contribution in [2.45, 2.75) is 36.2 Å². The predicted molar refractivity (Wildman–Crippen MR) is 93.0 cm³/mol. The van der Waals surface area contributed by atoms with Gasteiger partial charge >= 0.3 is 5.97 Å². The molecule has 2 rings (SSSR count). The van der Waals surface area contributed by atoms with Gasteiger partial charge in [-0.3, -0.25) is 4.79 Å². The van der Waals surface area contributed by atoms with Gasteiger partial charge in [-0.2, -0.15) is 0 Å². The molecule has 2 aromatic rings. The van der Waals surface area contributed by atoms with E-state index in [0.717, 1.165) is 4.90 Å². The molecular weight excluding hydrogens is 324 g/mol. The van der Waals surface area contributed by atoms with Crippen molar-refractivity contribution in [2.24, 2.45) is 0 Å². The first-order valence-corrected chi connectivity index (χ1v) is 8.33. The molecule has 1 aromatic carbocycles. The summed E-state index contributed by atoms with van der Waals surface area (Å²) >= 11 is 1.37. The number of aromatic nitrogens is 1. The molecule has 1 N–H and O–H groups in total. The molecule has 0 aliphatic carbocycles. The summed E-state index contributed by atoms with van der Waals surface area (Å²) in [7, 11) is 0. The van der Waals surface area contributed by atoms with Gasteiger partial charge in [0.1, 0.15) is 5.03 Å². The Morgan fingerprint density at radius 3 is 2.50 bits per heavy atom. The van der Waals surface area contributed by atoms with Gasteiger partial charge in [0.2, 0.25) is 0 Å². The Bertz CT molecular complexity index is 712. The number of nitrogens with one attached hydrogen (secondary N) is 1. The van der Waals surface area contributed by atoms with Crippen LogP contribution in [0.5, 0.6) is 0 Å². The Hall–Kier alpha value is -2.34. The third-order valence-electron chi connectivity index (χ3n) is 2.80. The van der Waals surface area contributed by atoms with Crippen molar-refractivity contribution in [3.05, 3.63) is 54.2 Å². The summed E-state index contributed by atoms with van der Waals surface area (Å²) in [6.45, 7) is 5.27. The lowest BCUT2D eigenvalue weighted by molar-refractivity contribution is -0.125. The van der Waals surface area contributed by atoms with Crippen molar-refractivity contribution in [3.63, 3.8) is 0 Å². The van der Waals surface area contributed by atoms with Crippen LogP contribution in [0.4, 0.5) is 0 Å². The number of hydrogen-bond acceptors (Lipinski definition) is 5. The molecular formula is C18H20N2O3S. The number of carbonyl (C=O) groups is 2. The van der Waals surface area contributed by atoms with Crippen LogP contribution in [0.1, 0.15) is 31.1 Å². The second-order valence-electron chi connectivity index (χ2n) is 6.15. The summed E-state index contributed by atoms with van der Waals surface area (Å²) in [5.41, 5.74) is -0.0264. The lowest BCUT2D eigenvalue weighted by Gasteiger charge is -2.20. The Labute approximate surface area is 145 Å². The number of hydrogen-bond donors (Lipinski definition) is 1. The van der Waals surface area contributed by atoms with E-state index < -0.39 is 5.97 Å². The molecule has 5 nitrogen and oxygen atoms in total. The van der Waals surface area contributed by atoms with Gasteiger partial charge in [0, 0.05) is 16.6 Å². The minimum atomic E-state index is -0.564. The van der Waals surface area contributed by atoms with Gasteiger partial charge < -0.3 is 10.1 Å². The van der Waals surface area contributed by atoms with E-state index in [1.54, 1.807) is 18.3 Å². The summed E-state index contributed by atoms with van der Waals surface area (Å²) in [5.74, 6) is -0.900. The number of esters is 1. The van der Waals surface area contributed by atoms with E-state index in [9.17, 15) is 9.59 Å². The van der Waals surface area contributed by atoms with Crippen molar-refractivity contribution in [1.82, 2.24) is 10.3 Å². The van der Waals surface area contributed by atoms with Gasteiger partial charge in [-0.05, 0) is 45.0 Å². The molecule has 0 unspecified atom stereocenters. The zero-order valence-electron chi connectivity index (χ0n) is 13.9. The molecule has 0 atom stereocenters. The molecule has 1 amide bonds. The van der Waals surface area contributed by atoms with E-state index >= 15 is 0 Å². The van der Waals surface area contributed by atoms with Gasteiger partial charge in [-0.15, -0.1) is 0 Å². The summed E-state index contributed by atoms with van der Waals surface area (Å²) in [4.78, 5) is 29.2. The van der Waals surface area contributed by atoms with Gasteiger partial charge in [0.15, 0.2) is 6.61 Å². The van der Waals surface area contributed by atoms with Crippen LogP contribution in [-0.4, -0.2) is 29.0 Å². The van der Waals surface area contributed by atoms with Gasteiger partial charge in [0.25, 0.3) is 5.91 Å². The number of amides is 1. The number of rotatable bonds is 5. The average molecular weight is 344 g/mol. The molecule has 1 heterocycles. The molecule has 0 fully saturated rings. The minimum Gasteiger partial charge on any atom is -0.452 e. The Morgan fingerprint density at radius 1 is 1.12 bits per heavy atom. The second-order valence-corrected chi connectivity index (χ2v) is 7.21.